The number of aryl methyl sites for hydroxylation is 1. The molecule has 1 amide bonds. The maximum Gasteiger partial charge on any atom is 0.250 e. The fraction of sp³-hybridized carbons (Fsp3) is 0.200. The van der Waals surface area contributed by atoms with Gasteiger partial charge in [0.2, 0.25) is 0 Å². The van der Waals surface area contributed by atoms with E-state index in [0.29, 0.717) is 12.1 Å². The minimum Gasteiger partial charge on any atom is -0.366 e. The maximum atomic E-state index is 11.9. The number of aromatic nitrogens is 1. The fourth-order valence-electron chi connectivity index (χ4n) is 4.49. The Kier molecular flexibility index (Phi) is 5.34. The Bertz CT molecular complexity index is 1250. The summed E-state index contributed by atoms with van der Waals surface area (Å²) in [5, 5.41) is 12.0. The van der Waals surface area contributed by atoms with Crippen LogP contribution < -0.4 is 21.7 Å². The Morgan fingerprint density at radius 2 is 2.03 bits per heavy atom. The van der Waals surface area contributed by atoms with Crippen molar-refractivity contribution in [1.29, 1.82) is 0 Å². The lowest BCUT2D eigenvalue weighted by Gasteiger charge is -2.36. The molecule has 2 aliphatic heterocycles. The van der Waals surface area contributed by atoms with E-state index in [1.54, 1.807) is 6.07 Å². The second-order valence-corrected chi connectivity index (χ2v) is 8.09. The van der Waals surface area contributed by atoms with Crippen LogP contribution in [0.15, 0.2) is 76.9 Å². The number of rotatable bonds is 5. The number of amides is 1. The van der Waals surface area contributed by atoms with E-state index in [4.69, 9.17) is 5.73 Å². The molecule has 7 nitrogen and oxygen atoms in total. The Balaban J connectivity index is 1.52. The van der Waals surface area contributed by atoms with Crippen molar-refractivity contribution in [2.45, 2.75) is 25.8 Å². The minimum absolute atomic E-state index is 0.0694. The second-order valence-electron chi connectivity index (χ2n) is 8.09. The van der Waals surface area contributed by atoms with Crippen LogP contribution in [0.2, 0.25) is 0 Å². The van der Waals surface area contributed by atoms with Crippen molar-refractivity contribution in [1.82, 2.24) is 20.9 Å². The summed E-state index contributed by atoms with van der Waals surface area (Å²) in [6.45, 7) is 3.36. The first-order valence-corrected chi connectivity index (χ1v) is 10.7. The highest BCUT2D eigenvalue weighted by molar-refractivity contribution is 6.06. The van der Waals surface area contributed by atoms with Crippen molar-refractivity contribution in [3.63, 3.8) is 0 Å². The third kappa shape index (κ3) is 3.72. The summed E-state index contributed by atoms with van der Waals surface area (Å²) in [6, 6.07) is 16.0. The first-order chi connectivity index (χ1) is 15.6. The zero-order valence-corrected chi connectivity index (χ0v) is 17.9. The number of allylic oxidation sites excluding steroid dienone is 2. The summed E-state index contributed by atoms with van der Waals surface area (Å²) in [5.74, 6) is -0.441. The normalized spacial score (nSPS) is 20.2. The quantitative estimate of drug-likeness (QED) is 0.432. The number of nitrogens with zero attached hydrogens (tertiary/aromatic N) is 1. The van der Waals surface area contributed by atoms with Gasteiger partial charge in [-0.15, -0.1) is 0 Å². The number of fused-ring (bicyclic) bond motifs is 1. The third-order valence-corrected chi connectivity index (χ3v) is 6.02. The van der Waals surface area contributed by atoms with Crippen molar-refractivity contribution < 1.29 is 4.79 Å². The molecule has 7 heteroatoms. The number of benzene rings is 2. The molecular weight excluding hydrogens is 400 g/mol. The summed E-state index contributed by atoms with van der Waals surface area (Å²) in [7, 11) is 0. The van der Waals surface area contributed by atoms with Crippen molar-refractivity contribution in [3.8, 4) is 0 Å². The highest BCUT2D eigenvalue weighted by atomic mass is 16.1. The molecule has 3 heterocycles. The molecule has 162 valence electrons. The Labute approximate surface area is 186 Å². The zero-order chi connectivity index (χ0) is 22.1. The van der Waals surface area contributed by atoms with Crippen LogP contribution in [0, 0.1) is 6.92 Å². The number of H-pyrrole nitrogens is 1. The van der Waals surface area contributed by atoms with E-state index >= 15 is 0 Å². The molecule has 0 fully saturated rings. The van der Waals surface area contributed by atoms with Gasteiger partial charge in [0.05, 0.1) is 23.8 Å². The lowest BCUT2D eigenvalue weighted by Crippen LogP contribution is -2.53. The summed E-state index contributed by atoms with van der Waals surface area (Å²) in [5.41, 5.74) is 12.4. The van der Waals surface area contributed by atoms with Crippen LogP contribution in [0.3, 0.4) is 0 Å². The number of hydrogen-bond acceptors (Lipinski definition) is 5. The molecule has 32 heavy (non-hydrogen) atoms. The summed E-state index contributed by atoms with van der Waals surface area (Å²) < 4.78 is 0. The van der Waals surface area contributed by atoms with E-state index < -0.39 is 5.91 Å². The standard InChI is InChI=1S/C25H26N6O/c1-15-21(17-9-5-10-18(23(26)32)22(17)29-15)25-30-20-11-6-12-27-14-19(20)24(31-25)28-13-16-7-3-2-4-8-16/h2-12,24-25,28-31H,13-14H2,1H3,(H2,26,32). The van der Waals surface area contributed by atoms with Gasteiger partial charge in [-0.3, -0.25) is 20.4 Å². The van der Waals surface area contributed by atoms with E-state index in [-0.39, 0.29) is 12.3 Å². The SMILES string of the molecule is Cc1[nH]c2c(C(N)=O)cccc2c1C1NC2=C(CN=CC=C2)C(NCc2ccccc2)N1. The number of hydrogen-bond donors (Lipinski definition) is 5. The van der Waals surface area contributed by atoms with Crippen LogP contribution in [0.25, 0.3) is 10.9 Å². The molecule has 2 aliphatic rings. The molecule has 0 saturated heterocycles. The van der Waals surface area contributed by atoms with Crippen molar-refractivity contribution in [3.05, 3.63) is 94.3 Å². The van der Waals surface area contributed by atoms with Gasteiger partial charge in [0.25, 0.3) is 5.91 Å². The van der Waals surface area contributed by atoms with Gasteiger partial charge in [0.15, 0.2) is 0 Å². The molecular formula is C25H26N6O. The minimum atomic E-state index is -0.441. The number of nitrogens with two attached hydrogens (primary N) is 1. The van der Waals surface area contributed by atoms with Crippen molar-refractivity contribution in [2.75, 3.05) is 6.54 Å². The Morgan fingerprint density at radius 3 is 2.84 bits per heavy atom. The highest BCUT2D eigenvalue weighted by Crippen LogP contribution is 2.32. The van der Waals surface area contributed by atoms with E-state index in [9.17, 15) is 4.79 Å². The van der Waals surface area contributed by atoms with Crippen LogP contribution in [0.1, 0.15) is 33.3 Å². The monoisotopic (exact) mass is 426 g/mol. The van der Waals surface area contributed by atoms with Crippen LogP contribution in [0.5, 0.6) is 0 Å². The van der Waals surface area contributed by atoms with Gasteiger partial charge in [-0.05, 0) is 30.7 Å². The van der Waals surface area contributed by atoms with Gasteiger partial charge in [-0.2, -0.15) is 0 Å². The topological polar surface area (TPSA) is 107 Å². The zero-order valence-electron chi connectivity index (χ0n) is 17.9. The summed E-state index contributed by atoms with van der Waals surface area (Å²) in [6.07, 6.45) is 5.62. The van der Waals surface area contributed by atoms with Crippen molar-refractivity contribution >= 4 is 23.0 Å². The molecule has 2 aromatic carbocycles. The van der Waals surface area contributed by atoms with E-state index in [0.717, 1.165) is 40.0 Å². The first kappa shape index (κ1) is 20.2. The molecule has 1 aromatic heterocycles. The maximum absolute atomic E-state index is 11.9. The Hall–Kier alpha value is -3.68. The number of aliphatic imine (C=N–C) groups is 1. The largest absolute Gasteiger partial charge is 0.366 e. The number of nitrogens with one attached hydrogen (secondary N) is 4. The Morgan fingerprint density at radius 1 is 1.19 bits per heavy atom. The van der Waals surface area contributed by atoms with Gasteiger partial charge < -0.3 is 16.0 Å². The predicted molar refractivity (Wildman–Crippen MR) is 127 cm³/mol. The smallest absolute Gasteiger partial charge is 0.250 e. The van der Waals surface area contributed by atoms with Crippen LogP contribution in [0.4, 0.5) is 0 Å². The lowest BCUT2D eigenvalue weighted by molar-refractivity contribution is 0.100. The molecule has 2 atom stereocenters. The van der Waals surface area contributed by atoms with Gasteiger partial charge in [0.1, 0.15) is 6.17 Å². The molecule has 6 N–H and O–H groups in total. The molecule has 5 rings (SSSR count). The number of para-hydroxylation sites is 1. The number of primary amides is 1. The predicted octanol–water partition coefficient (Wildman–Crippen LogP) is 2.78. The summed E-state index contributed by atoms with van der Waals surface area (Å²) in [4.78, 5) is 19.8. The van der Waals surface area contributed by atoms with Crippen molar-refractivity contribution in [2.24, 2.45) is 10.7 Å². The van der Waals surface area contributed by atoms with E-state index in [1.807, 2.05) is 49.5 Å². The van der Waals surface area contributed by atoms with Crippen LogP contribution in [-0.4, -0.2) is 29.8 Å². The number of carbonyl (C=O) groups excluding carboxylic acids is 1. The van der Waals surface area contributed by atoms with Gasteiger partial charge >= 0.3 is 0 Å². The van der Waals surface area contributed by atoms with E-state index in [2.05, 4.69) is 44.1 Å². The van der Waals surface area contributed by atoms with E-state index in [1.165, 1.54) is 5.56 Å². The molecule has 0 aliphatic carbocycles. The molecule has 2 unspecified atom stereocenters. The molecule has 0 bridgehead atoms. The van der Waals surface area contributed by atoms with Crippen LogP contribution in [-0.2, 0) is 6.54 Å². The summed E-state index contributed by atoms with van der Waals surface area (Å²) >= 11 is 0. The first-order valence-electron chi connectivity index (χ1n) is 10.7. The average molecular weight is 427 g/mol. The van der Waals surface area contributed by atoms with Gasteiger partial charge in [0, 0.05) is 40.7 Å². The number of carbonyl (C=O) groups is 1. The molecule has 0 radical (unpaired) electrons. The molecule has 0 saturated carbocycles. The van der Waals surface area contributed by atoms with Gasteiger partial charge in [-0.25, -0.2) is 0 Å². The second kappa shape index (κ2) is 8.45. The lowest BCUT2D eigenvalue weighted by atomic mass is 10.0. The highest BCUT2D eigenvalue weighted by Gasteiger charge is 2.31. The van der Waals surface area contributed by atoms with Crippen LogP contribution >= 0.6 is 0 Å². The number of aromatic amines is 1. The average Bonchev–Trinajstić information content (AvgIpc) is 2.96. The molecule has 3 aromatic rings. The van der Waals surface area contributed by atoms with Gasteiger partial charge in [-0.1, -0.05) is 42.5 Å². The molecule has 0 spiro atoms. The fourth-order valence-corrected chi connectivity index (χ4v) is 4.49. The third-order valence-electron chi connectivity index (χ3n) is 6.02.